The van der Waals surface area contributed by atoms with Crippen molar-refractivity contribution in [2.75, 3.05) is 32.8 Å². The van der Waals surface area contributed by atoms with Gasteiger partial charge in [-0.25, -0.2) is 41.9 Å². The van der Waals surface area contributed by atoms with E-state index in [4.69, 9.17) is 29.4 Å². The second-order valence-corrected chi connectivity index (χ2v) is 18.5. The zero-order chi connectivity index (χ0) is 53.7. The highest BCUT2D eigenvalue weighted by atomic mass is 19.4. The number of primary amides is 1. The van der Waals surface area contributed by atoms with Crippen molar-refractivity contribution in [2.24, 2.45) is 5.73 Å². The predicted molar refractivity (Wildman–Crippen MR) is 244 cm³/mol. The molecule has 6 rings (SSSR count). The number of pyridine rings is 2. The summed E-state index contributed by atoms with van der Waals surface area (Å²) in [5.74, 6) is -5.39. The first-order chi connectivity index (χ1) is 33.3. The lowest BCUT2D eigenvalue weighted by Crippen LogP contribution is -2.47. The largest absolute Gasteiger partial charge is 0.472 e. The Hall–Kier alpha value is -6.88. The number of nitrogens with zero attached hydrogens (tertiary/aromatic N) is 4. The molecule has 0 fully saturated rings. The molecule has 2 N–H and O–H groups in total. The summed E-state index contributed by atoms with van der Waals surface area (Å²) in [6.07, 6.45) is -12.9. The number of alkyl halides is 6. The van der Waals surface area contributed by atoms with E-state index >= 15 is 0 Å². The first-order valence-corrected chi connectivity index (χ1v) is 22.2. The number of nitrogens with two attached hydrogens (primary N) is 1. The Labute approximate surface area is 414 Å². The first-order valence-electron chi connectivity index (χ1n) is 22.2. The van der Waals surface area contributed by atoms with Crippen LogP contribution in [0.25, 0.3) is 22.3 Å². The number of aromatic nitrogens is 2. The number of hydrogen-bond donors (Lipinski definition) is 1. The van der Waals surface area contributed by atoms with Gasteiger partial charge in [0.15, 0.2) is 5.69 Å². The fourth-order valence-electron chi connectivity index (χ4n) is 7.39. The van der Waals surface area contributed by atoms with Gasteiger partial charge >= 0.3 is 30.5 Å². The van der Waals surface area contributed by atoms with Crippen LogP contribution in [0.2, 0.25) is 0 Å². The highest BCUT2D eigenvalue weighted by molar-refractivity contribution is 5.93. The Bertz CT molecular complexity index is 2650. The van der Waals surface area contributed by atoms with Crippen LogP contribution >= 0.6 is 0 Å². The molecule has 2 aliphatic heterocycles. The van der Waals surface area contributed by atoms with Gasteiger partial charge in [0.2, 0.25) is 11.8 Å². The van der Waals surface area contributed by atoms with E-state index in [0.717, 1.165) is 12.1 Å². The number of amides is 3. The van der Waals surface area contributed by atoms with Crippen LogP contribution in [0.3, 0.4) is 0 Å². The first kappa shape index (κ1) is 58.7. The average Bonchev–Trinajstić information content (AvgIpc) is 3.23. The van der Waals surface area contributed by atoms with Crippen molar-refractivity contribution in [1.82, 2.24) is 19.8 Å². The molecule has 2 atom stereocenters. The fourth-order valence-corrected chi connectivity index (χ4v) is 7.39. The van der Waals surface area contributed by atoms with E-state index in [9.17, 15) is 63.1 Å². The molecular weight excluding hydrogens is 993 g/mol. The average molecular weight is 1050 g/mol. The van der Waals surface area contributed by atoms with Gasteiger partial charge in [-0.1, -0.05) is 7.43 Å². The number of ether oxygens (including phenoxy) is 5. The lowest BCUT2D eigenvalue weighted by molar-refractivity contribution is -0.147. The lowest BCUT2D eigenvalue weighted by Gasteiger charge is -2.33. The van der Waals surface area contributed by atoms with E-state index in [1.54, 1.807) is 6.92 Å². The van der Waals surface area contributed by atoms with Crippen molar-refractivity contribution in [3.8, 4) is 34.0 Å². The van der Waals surface area contributed by atoms with E-state index < -0.39 is 109 Å². The molecule has 2 aromatic carbocycles. The Morgan fingerprint density at radius 1 is 0.630 bits per heavy atom. The number of benzene rings is 2. The predicted octanol–water partition coefficient (Wildman–Crippen LogP) is 11.0. The molecule has 24 heteroatoms. The summed E-state index contributed by atoms with van der Waals surface area (Å²) < 4.78 is 162. The second-order valence-electron chi connectivity index (χ2n) is 18.5. The Morgan fingerprint density at radius 3 is 1.36 bits per heavy atom. The third-order valence-electron chi connectivity index (χ3n) is 10.2. The van der Waals surface area contributed by atoms with Crippen LogP contribution in [-0.4, -0.2) is 112 Å². The van der Waals surface area contributed by atoms with E-state index in [1.807, 2.05) is 0 Å². The molecule has 3 amide bonds. The van der Waals surface area contributed by atoms with Crippen LogP contribution in [0.4, 0.5) is 53.5 Å². The molecule has 400 valence electrons. The van der Waals surface area contributed by atoms with Crippen LogP contribution in [0.1, 0.15) is 101 Å². The number of carbonyl (C=O) groups is 4. The smallest absolute Gasteiger partial charge is 0.410 e. The SMILES string of the molecule is C.CC(C)(C)OC(=O)N(CC1CCc2c(-c3ccc(F)cc3F)cc(C(N)=O)nc2O1)CC(F)(F)F.CCOC(=O)c1cc(-c2ccc(F)cc2F)c2c(n1)OC(CN(CC(F)(F)F)C(=O)OC(C)(C)C)CC2. The number of halogens is 10. The van der Waals surface area contributed by atoms with Gasteiger partial charge in [-0.05, 0) is 122 Å². The quantitative estimate of drug-likeness (QED) is 0.0860. The summed E-state index contributed by atoms with van der Waals surface area (Å²) in [4.78, 5) is 58.2. The standard InChI is InChI=1S/C25H27F5N2O5.C23H24F5N3O4.CH4/c1-5-35-22(33)20-11-18(16-8-6-14(26)10-19(16)27)17-9-7-15(36-21(17)31-20)12-32(13-25(28,29)30)23(34)37-24(2,3)4;1-22(2,3)35-21(33)31(11-23(26,27)28)10-13-5-7-15-16(14-6-4-12(24)8-17(14)25)9-18(19(29)32)30-20(15)34-13;/h6,8,10-11,15H,5,7,9,12-13H2,1-4H3;4,6,8-9,13H,5,7,10-11H2,1-3H3,(H2,29,32);1H4. The van der Waals surface area contributed by atoms with E-state index in [1.165, 1.54) is 65.8 Å². The number of carbonyl (C=O) groups excluding carboxylic acids is 4. The monoisotopic (exact) mass is 1050 g/mol. The highest BCUT2D eigenvalue weighted by Gasteiger charge is 2.40. The number of hydrogen-bond acceptors (Lipinski definition) is 11. The summed E-state index contributed by atoms with van der Waals surface area (Å²) in [6, 6.07) is 8.39. The van der Waals surface area contributed by atoms with Gasteiger partial charge < -0.3 is 29.4 Å². The molecule has 2 aliphatic rings. The summed E-state index contributed by atoms with van der Waals surface area (Å²) >= 11 is 0. The minimum Gasteiger partial charge on any atom is -0.472 e. The van der Waals surface area contributed by atoms with Crippen molar-refractivity contribution >= 4 is 24.1 Å². The molecule has 73 heavy (non-hydrogen) atoms. The molecule has 0 spiro atoms. The van der Waals surface area contributed by atoms with Gasteiger partial charge in [0.1, 0.15) is 65.5 Å². The molecule has 0 saturated heterocycles. The number of rotatable bonds is 11. The molecular formula is C49H55F10N5O9. The van der Waals surface area contributed by atoms with Gasteiger partial charge in [-0.15, -0.1) is 0 Å². The minimum atomic E-state index is -4.69. The van der Waals surface area contributed by atoms with Crippen molar-refractivity contribution in [1.29, 1.82) is 0 Å². The molecule has 0 bridgehead atoms. The summed E-state index contributed by atoms with van der Waals surface area (Å²) in [7, 11) is 0. The van der Waals surface area contributed by atoms with Gasteiger partial charge in [0.05, 0.1) is 19.7 Å². The molecule has 0 aliphatic carbocycles. The van der Waals surface area contributed by atoms with Crippen LogP contribution < -0.4 is 15.2 Å². The zero-order valence-corrected chi connectivity index (χ0v) is 40.0. The van der Waals surface area contributed by atoms with Crippen LogP contribution in [0.5, 0.6) is 11.8 Å². The zero-order valence-electron chi connectivity index (χ0n) is 40.0. The second kappa shape index (κ2) is 23.3. The number of fused-ring (bicyclic) bond motifs is 2. The number of esters is 1. The van der Waals surface area contributed by atoms with Crippen LogP contribution in [-0.2, 0) is 27.1 Å². The van der Waals surface area contributed by atoms with Crippen molar-refractivity contribution in [3.63, 3.8) is 0 Å². The third kappa shape index (κ3) is 16.8. The molecule has 2 aromatic heterocycles. The van der Waals surface area contributed by atoms with Gasteiger partial charge in [-0.2, -0.15) is 26.3 Å². The summed E-state index contributed by atoms with van der Waals surface area (Å²) in [6.45, 7) is 6.70. The maximum absolute atomic E-state index is 14.6. The maximum atomic E-state index is 14.6. The van der Waals surface area contributed by atoms with Crippen molar-refractivity contribution in [2.45, 2.75) is 117 Å². The van der Waals surface area contributed by atoms with Crippen molar-refractivity contribution in [3.05, 3.63) is 94.3 Å². The molecule has 0 radical (unpaired) electrons. The van der Waals surface area contributed by atoms with Crippen LogP contribution in [0, 0.1) is 23.3 Å². The summed E-state index contributed by atoms with van der Waals surface area (Å²) in [5, 5.41) is 0. The van der Waals surface area contributed by atoms with E-state index in [-0.39, 0.29) is 85.1 Å². The lowest BCUT2D eigenvalue weighted by atomic mass is 9.93. The molecule has 0 saturated carbocycles. The highest BCUT2D eigenvalue weighted by Crippen LogP contribution is 2.39. The summed E-state index contributed by atoms with van der Waals surface area (Å²) in [5.41, 5.74) is 3.91. The van der Waals surface area contributed by atoms with E-state index in [2.05, 4.69) is 9.97 Å². The Balaban J connectivity index is 0.000000313. The molecule has 4 heterocycles. The molecule has 4 aromatic rings. The maximum Gasteiger partial charge on any atom is 0.410 e. The molecule has 2 unspecified atom stereocenters. The fraction of sp³-hybridized carbons (Fsp3) is 0.469. The van der Waals surface area contributed by atoms with E-state index in [0.29, 0.717) is 33.1 Å². The Kier molecular flexibility index (Phi) is 18.8. The third-order valence-corrected chi connectivity index (χ3v) is 10.2. The van der Waals surface area contributed by atoms with Crippen molar-refractivity contribution < 1.29 is 86.8 Å². The normalized spacial score (nSPS) is 15.4. The minimum absolute atomic E-state index is 0. The topological polar surface area (TPSA) is 173 Å². The van der Waals surface area contributed by atoms with Gasteiger partial charge in [-0.3, -0.25) is 14.6 Å². The Morgan fingerprint density at radius 2 is 1.01 bits per heavy atom. The van der Waals surface area contributed by atoms with Gasteiger partial charge in [0, 0.05) is 34.4 Å². The van der Waals surface area contributed by atoms with Crippen LogP contribution in [0.15, 0.2) is 48.5 Å². The van der Waals surface area contributed by atoms with Gasteiger partial charge in [0.25, 0.3) is 5.91 Å². The molecule has 14 nitrogen and oxygen atoms in total.